The number of nitrogens with zero attached hydrogens (tertiary/aromatic N) is 1. The van der Waals surface area contributed by atoms with Crippen LogP contribution >= 0.6 is 0 Å². The van der Waals surface area contributed by atoms with Gasteiger partial charge in [-0.1, -0.05) is 64.4 Å². The Morgan fingerprint density at radius 1 is 0.872 bits per heavy atom. The second kappa shape index (κ2) is 17.0. The summed E-state index contributed by atoms with van der Waals surface area (Å²) < 4.78 is 0. The number of carbonyl (C=O) groups excluding carboxylic acids is 4. The molecular formula is C27H46N8O4. The van der Waals surface area contributed by atoms with Gasteiger partial charge in [0.1, 0.15) is 18.1 Å². The average molecular weight is 547 g/mol. The van der Waals surface area contributed by atoms with Gasteiger partial charge < -0.3 is 38.9 Å². The monoisotopic (exact) mass is 546 g/mol. The molecule has 1 aromatic carbocycles. The highest BCUT2D eigenvalue weighted by atomic mass is 16.2. The summed E-state index contributed by atoms with van der Waals surface area (Å²) in [4.78, 5) is 55.3. The van der Waals surface area contributed by atoms with E-state index in [1.807, 2.05) is 58.0 Å². The van der Waals surface area contributed by atoms with Gasteiger partial charge in [0.15, 0.2) is 5.96 Å². The molecule has 218 valence electrons. The van der Waals surface area contributed by atoms with E-state index in [0.717, 1.165) is 5.56 Å². The van der Waals surface area contributed by atoms with Crippen LogP contribution in [-0.4, -0.2) is 60.3 Å². The Hall–Kier alpha value is -3.67. The fourth-order valence-corrected chi connectivity index (χ4v) is 3.92. The van der Waals surface area contributed by atoms with Crippen molar-refractivity contribution < 1.29 is 19.2 Å². The normalized spacial score (nSPS) is 14.8. The molecular weight excluding hydrogens is 500 g/mol. The van der Waals surface area contributed by atoms with Gasteiger partial charge in [0.25, 0.3) is 0 Å². The van der Waals surface area contributed by atoms with E-state index < -0.39 is 47.8 Å². The van der Waals surface area contributed by atoms with E-state index in [9.17, 15) is 19.2 Å². The molecule has 0 aliphatic heterocycles. The van der Waals surface area contributed by atoms with Gasteiger partial charge in [-0.2, -0.15) is 0 Å². The van der Waals surface area contributed by atoms with Gasteiger partial charge in [-0.05, 0) is 36.7 Å². The summed E-state index contributed by atoms with van der Waals surface area (Å²) in [7, 11) is 0. The molecule has 11 N–H and O–H groups in total. The summed E-state index contributed by atoms with van der Waals surface area (Å²) in [6.07, 6.45) is 1.96. The lowest BCUT2D eigenvalue weighted by molar-refractivity contribution is -0.134. The Morgan fingerprint density at radius 3 is 2.03 bits per heavy atom. The molecule has 39 heavy (non-hydrogen) atoms. The number of primary amides is 1. The highest BCUT2D eigenvalue weighted by Gasteiger charge is 2.32. The van der Waals surface area contributed by atoms with Crippen molar-refractivity contribution in [2.45, 2.75) is 84.0 Å². The number of hydrogen-bond donors (Lipinski definition) is 7. The predicted octanol–water partition coefficient (Wildman–Crippen LogP) is -0.358. The van der Waals surface area contributed by atoms with Crippen molar-refractivity contribution in [2.75, 3.05) is 6.54 Å². The number of nitrogens with one attached hydrogen (secondary N) is 3. The van der Waals surface area contributed by atoms with Gasteiger partial charge in [-0.25, -0.2) is 0 Å². The van der Waals surface area contributed by atoms with Crippen LogP contribution in [0.25, 0.3) is 0 Å². The van der Waals surface area contributed by atoms with Gasteiger partial charge in [-0.15, -0.1) is 0 Å². The number of rotatable bonds is 17. The van der Waals surface area contributed by atoms with E-state index >= 15 is 0 Å². The number of carbonyl (C=O) groups is 4. The SMILES string of the molecule is CC[C@H](C)[C@H](NC(=O)[C@H](CC(C)C)NC(=O)[C@@H](N)CCCN=C(N)N)C(=O)N[C@@H](Cc1ccccc1)C(N)=O. The lowest BCUT2D eigenvalue weighted by Gasteiger charge is -2.29. The first-order valence-electron chi connectivity index (χ1n) is 13.4. The largest absolute Gasteiger partial charge is 0.370 e. The Morgan fingerprint density at radius 2 is 1.49 bits per heavy atom. The van der Waals surface area contributed by atoms with Crippen molar-refractivity contribution in [2.24, 2.45) is 39.8 Å². The summed E-state index contributed by atoms with van der Waals surface area (Å²) in [5.74, 6) is -2.43. The van der Waals surface area contributed by atoms with Crippen LogP contribution in [0.4, 0.5) is 0 Å². The fourth-order valence-electron chi connectivity index (χ4n) is 3.92. The summed E-state index contributed by atoms with van der Waals surface area (Å²) in [6.45, 7) is 7.88. The van der Waals surface area contributed by atoms with Gasteiger partial charge in [0.2, 0.25) is 23.6 Å². The Bertz CT molecular complexity index is 966. The third-order valence-electron chi connectivity index (χ3n) is 6.38. The Balaban J connectivity index is 2.96. The highest BCUT2D eigenvalue weighted by Crippen LogP contribution is 2.12. The number of nitrogens with two attached hydrogens (primary N) is 4. The van der Waals surface area contributed by atoms with Gasteiger partial charge in [0.05, 0.1) is 6.04 Å². The van der Waals surface area contributed by atoms with Crippen molar-refractivity contribution in [3.63, 3.8) is 0 Å². The molecule has 0 heterocycles. The molecule has 0 saturated heterocycles. The number of aliphatic imine (C=N–C) groups is 1. The maximum Gasteiger partial charge on any atom is 0.243 e. The van der Waals surface area contributed by atoms with Crippen LogP contribution in [0.5, 0.6) is 0 Å². The zero-order valence-corrected chi connectivity index (χ0v) is 23.5. The predicted molar refractivity (Wildman–Crippen MR) is 152 cm³/mol. The van der Waals surface area contributed by atoms with Crippen LogP contribution in [0.15, 0.2) is 35.3 Å². The molecule has 0 fully saturated rings. The molecule has 0 aliphatic carbocycles. The first kappa shape index (κ1) is 33.4. The highest BCUT2D eigenvalue weighted by molar-refractivity contribution is 5.94. The molecule has 0 unspecified atom stereocenters. The van der Waals surface area contributed by atoms with Crippen molar-refractivity contribution in [3.8, 4) is 0 Å². The van der Waals surface area contributed by atoms with Crippen LogP contribution in [0.3, 0.4) is 0 Å². The lowest BCUT2D eigenvalue weighted by Crippen LogP contribution is -2.59. The smallest absolute Gasteiger partial charge is 0.243 e. The molecule has 5 atom stereocenters. The average Bonchev–Trinajstić information content (AvgIpc) is 2.88. The first-order chi connectivity index (χ1) is 18.3. The second-order valence-electron chi connectivity index (χ2n) is 10.3. The van der Waals surface area contributed by atoms with Crippen LogP contribution in [-0.2, 0) is 25.6 Å². The van der Waals surface area contributed by atoms with Crippen molar-refractivity contribution >= 4 is 29.6 Å². The van der Waals surface area contributed by atoms with Gasteiger partial charge in [-0.3, -0.25) is 24.2 Å². The summed E-state index contributed by atoms with van der Waals surface area (Å²) in [5.41, 5.74) is 23.0. The zero-order valence-electron chi connectivity index (χ0n) is 23.5. The summed E-state index contributed by atoms with van der Waals surface area (Å²) in [6, 6.07) is 5.52. The van der Waals surface area contributed by atoms with Crippen molar-refractivity contribution in [1.82, 2.24) is 16.0 Å². The first-order valence-corrected chi connectivity index (χ1v) is 13.4. The van der Waals surface area contributed by atoms with E-state index in [1.165, 1.54) is 0 Å². The standard InChI is InChI=1S/C27H46N8O4/c1-5-17(4)22(26(39)33-20(23(29)36)15-18-10-7-6-8-11-18)35-25(38)21(14-16(2)3)34-24(37)19(28)12-9-13-32-27(30)31/h6-8,10-11,16-17,19-22H,5,9,12-15,28H2,1-4H3,(H2,29,36)(H,33,39)(H,34,37)(H,35,38)(H4,30,31,32)/t17-,19-,20-,21-,22-/m0/s1. The van der Waals surface area contributed by atoms with E-state index in [4.69, 9.17) is 22.9 Å². The maximum absolute atomic E-state index is 13.3. The van der Waals surface area contributed by atoms with Crippen LogP contribution in [0, 0.1) is 11.8 Å². The minimum absolute atomic E-state index is 0.0381. The third-order valence-corrected chi connectivity index (χ3v) is 6.38. The molecule has 0 radical (unpaired) electrons. The van der Waals surface area contributed by atoms with E-state index in [-0.39, 0.29) is 24.2 Å². The number of benzene rings is 1. The molecule has 0 aromatic heterocycles. The summed E-state index contributed by atoms with van der Waals surface area (Å²) >= 11 is 0. The lowest BCUT2D eigenvalue weighted by atomic mass is 9.95. The topological polar surface area (TPSA) is 221 Å². The molecule has 4 amide bonds. The Kier molecular flexibility index (Phi) is 14.6. The maximum atomic E-state index is 13.3. The summed E-state index contributed by atoms with van der Waals surface area (Å²) in [5, 5.41) is 8.21. The van der Waals surface area contributed by atoms with Gasteiger partial charge in [0, 0.05) is 13.0 Å². The minimum atomic E-state index is -0.952. The van der Waals surface area contributed by atoms with Crippen LogP contribution in [0.1, 0.15) is 58.9 Å². The molecule has 12 heteroatoms. The van der Waals surface area contributed by atoms with Gasteiger partial charge >= 0.3 is 0 Å². The molecule has 1 rings (SSSR count). The van der Waals surface area contributed by atoms with Crippen LogP contribution in [0.2, 0.25) is 0 Å². The van der Waals surface area contributed by atoms with Crippen molar-refractivity contribution in [1.29, 1.82) is 0 Å². The second-order valence-corrected chi connectivity index (χ2v) is 10.3. The quantitative estimate of drug-likeness (QED) is 0.0780. The molecule has 0 spiro atoms. The number of hydrogen-bond acceptors (Lipinski definition) is 6. The zero-order chi connectivity index (χ0) is 29.5. The number of amides is 4. The molecule has 1 aromatic rings. The minimum Gasteiger partial charge on any atom is -0.370 e. The third kappa shape index (κ3) is 12.6. The van der Waals surface area contributed by atoms with E-state index in [2.05, 4.69) is 20.9 Å². The number of guanidine groups is 1. The van der Waals surface area contributed by atoms with Crippen molar-refractivity contribution in [3.05, 3.63) is 35.9 Å². The molecule has 0 aliphatic rings. The molecule has 12 nitrogen and oxygen atoms in total. The molecule has 0 bridgehead atoms. The molecule has 0 saturated carbocycles. The Labute approximate surface area is 231 Å². The fraction of sp³-hybridized carbons (Fsp3) is 0.593. The van der Waals surface area contributed by atoms with Crippen LogP contribution < -0.4 is 38.9 Å². The van der Waals surface area contributed by atoms with E-state index in [1.54, 1.807) is 0 Å². The van der Waals surface area contributed by atoms with E-state index in [0.29, 0.717) is 32.2 Å².